The van der Waals surface area contributed by atoms with Crippen LogP contribution in [0.3, 0.4) is 0 Å². The van der Waals surface area contributed by atoms with Crippen molar-refractivity contribution < 1.29 is 9.53 Å². The largest absolute Gasteiger partial charge is 0.465 e. The van der Waals surface area contributed by atoms with Crippen LogP contribution in [0, 0.1) is 0 Å². The SMILES string of the molecule is CCOC(=O)C(C)(CC(C)SC1CCCCC1)NC(C)C. The number of hydrogen-bond acceptors (Lipinski definition) is 4. The van der Waals surface area contributed by atoms with Gasteiger partial charge in [0.15, 0.2) is 0 Å². The van der Waals surface area contributed by atoms with Crippen LogP contribution in [0.2, 0.25) is 0 Å². The molecule has 1 fully saturated rings. The number of hydrogen-bond donors (Lipinski definition) is 1. The van der Waals surface area contributed by atoms with Crippen molar-refractivity contribution in [2.45, 2.75) is 95.2 Å². The topological polar surface area (TPSA) is 38.3 Å². The zero-order chi connectivity index (χ0) is 15.9. The highest BCUT2D eigenvalue weighted by molar-refractivity contribution is 8.00. The summed E-state index contributed by atoms with van der Waals surface area (Å²) < 4.78 is 5.29. The molecule has 2 atom stereocenters. The zero-order valence-electron chi connectivity index (χ0n) is 14.4. The third-order valence-corrected chi connectivity index (χ3v) is 5.49. The van der Waals surface area contributed by atoms with E-state index in [0.29, 0.717) is 11.9 Å². The summed E-state index contributed by atoms with van der Waals surface area (Å²) in [6, 6.07) is 0.270. The summed E-state index contributed by atoms with van der Waals surface area (Å²) in [4.78, 5) is 12.3. The molecule has 124 valence electrons. The third-order valence-electron chi connectivity index (χ3n) is 4.01. The number of esters is 1. The fraction of sp³-hybridized carbons (Fsp3) is 0.941. The minimum Gasteiger partial charge on any atom is -0.465 e. The molecule has 0 saturated heterocycles. The van der Waals surface area contributed by atoms with E-state index in [-0.39, 0.29) is 12.0 Å². The predicted molar refractivity (Wildman–Crippen MR) is 91.9 cm³/mol. The van der Waals surface area contributed by atoms with Crippen molar-refractivity contribution in [3.05, 3.63) is 0 Å². The molecule has 4 heteroatoms. The predicted octanol–water partition coefficient (Wildman–Crippen LogP) is 4.15. The van der Waals surface area contributed by atoms with E-state index in [1.807, 2.05) is 13.8 Å². The van der Waals surface area contributed by atoms with Crippen LogP contribution in [0.5, 0.6) is 0 Å². The van der Waals surface area contributed by atoms with E-state index >= 15 is 0 Å². The van der Waals surface area contributed by atoms with Gasteiger partial charge in [-0.2, -0.15) is 11.8 Å². The van der Waals surface area contributed by atoms with Crippen LogP contribution in [-0.4, -0.2) is 34.7 Å². The molecule has 0 aromatic carbocycles. The van der Waals surface area contributed by atoms with E-state index < -0.39 is 5.54 Å². The van der Waals surface area contributed by atoms with Crippen molar-refractivity contribution >= 4 is 17.7 Å². The molecule has 0 aromatic heterocycles. The maximum Gasteiger partial charge on any atom is 0.326 e. The van der Waals surface area contributed by atoms with Gasteiger partial charge in [0.25, 0.3) is 0 Å². The molecular formula is C17H33NO2S. The number of rotatable bonds is 8. The van der Waals surface area contributed by atoms with E-state index in [2.05, 4.69) is 37.8 Å². The maximum absolute atomic E-state index is 12.3. The minimum atomic E-state index is -0.578. The average Bonchev–Trinajstić information content (AvgIpc) is 2.38. The molecule has 1 aliphatic rings. The number of carbonyl (C=O) groups is 1. The Kier molecular flexibility index (Phi) is 8.10. The zero-order valence-corrected chi connectivity index (χ0v) is 15.2. The van der Waals surface area contributed by atoms with Crippen LogP contribution >= 0.6 is 11.8 Å². The van der Waals surface area contributed by atoms with Gasteiger partial charge in [0, 0.05) is 16.5 Å². The Balaban J connectivity index is 2.59. The number of ether oxygens (including phenoxy) is 1. The van der Waals surface area contributed by atoms with Gasteiger partial charge in [0.05, 0.1) is 6.61 Å². The first kappa shape index (κ1) is 18.8. The highest BCUT2D eigenvalue weighted by Gasteiger charge is 2.37. The lowest BCUT2D eigenvalue weighted by Crippen LogP contribution is -2.54. The maximum atomic E-state index is 12.3. The van der Waals surface area contributed by atoms with E-state index in [1.54, 1.807) is 0 Å². The molecule has 0 bridgehead atoms. The van der Waals surface area contributed by atoms with Crippen molar-refractivity contribution in [1.82, 2.24) is 5.32 Å². The normalized spacial score (nSPS) is 21.0. The molecule has 0 aromatic rings. The molecule has 21 heavy (non-hydrogen) atoms. The van der Waals surface area contributed by atoms with Crippen LogP contribution in [0.25, 0.3) is 0 Å². The Morgan fingerprint density at radius 1 is 1.29 bits per heavy atom. The Morgan fingerprint density at radius 2 is 1.90 bits per heavy atom. The second-order valence-electron chi connectivity index (χ2n) is 6.76. The molecule has 0 aliphatic heterocycles. The van der Waals surface area contributed by atoms with Gasteiger partial charge in [0.2, 0.25) is 0 Å². The summed E-state index contributed by atoms with van der Waals surface area (Å²) in [6.07, 6.45) is 7.62. The van der Waals surface area contributed by atoms with Gasteiger partial charge >= 0.3 is 5.97 Å². The quantitative estimate of drug-likeness (QED) is 0.683. The van der Waals surface area contributed by atoms with E-state index in [4.69, 9.17) is 4.74 Å². The highest BCUT2D eigenvalue weighted by atomic mass is 32.2. The van der Waals surface area contributed by atoms with Crippen LogP contribution < -0.4 is 5.32 Å². The molecule has 3 nitrogen and oxygen atoms in total. The molecular weight excluding hydrogens is 282 g/mol. The summed E-state index contributed by atoms with van der Waals surface area (Å²) in [5.74, 6) is -0.116. The molecule has 0 heterocycles. The standard InChI is InChI=1S/C17H33NO2S/c1-6-20-16(19)17(5,18-13(2)3)12-14(4)21-15-10-8-7-9-11-15/h13-15,18H,6-12H2,1-5H3. The summed E-state index contributed by atoms with van der Waals surface area (Å²) in [5.41, 5.74) is -0.578. The average molecular weight is 316 g/mol. The van der Waals surface area contributed by atoms with E-state index in [1.165, 1.54) is 32.1 Å². The lowest BCUT2D eigenvalue weighted by molar-refractivity contribution is -0.151. The van der Waals surface area contributed by atoms with Gasteiger partial charge in [-0.3, -0.25) is 10.1 Å². The molecule has 0 spiro atoms. The summed E-state index contributed by atoms with van der Waals surface area (Å²) >= 11 is 2.06. The summed E-state index contributed by atoms with van der Waals surface area (Å²) in [6.45, 7) is 10.7. The lowest BCUT2D eigenvalue weighted by Gasteiger charge is -2.34. The number of carbonyl (C=O) groups excluding carboxylic acids is 1. The lowest BCUT2D eigenvalue weighted by atomic mass is 9.95. The van der Waals surface area contributed by atoms with E-state index in [9.17, 15) is 4.79 Å². The fourth-order valence-corrected chi connectivity index (χ4v) is 4.97. The second kappa shape index (κ2) is 9.04. The van der Waals surface area contributed by atoms with Crippen molar-refractivity contribution in [3.63, 3.8) is 0 Å². The molecule has 0 radical (unpaired) electrons. The third kappa shape index (κ3) is 6.60. The van der Waals surface area contributed by atoms with Crippen LogP contribution in [0.1, 0.15) is 73.1 Å². The fourth-order valence-electron chi connectivity index (χ4n) is 3.28. The number of thioether (sulfide) groups is 1. The second-order valence-corrected chi connectivity index (χ2v) is 8.51. The summed E-state index contributed by atoms with van der Waals surface area (Å²) in [7, 11) is 0. The van der Waals surface area contributed by atoms with Gasteiger partial charge in [0.1, 0.15) is 5.54 Å². The monoisotopic (exact) mass is 315 g/mol. The highest BCUT2D eigenvalue weighted by Crippen LogP contribution is 2.34. The molecule has 0 amide bonds. The van der Waals surface area contributed by atoms with E-state index in [0.717, 1.165) is 11.7 Å². The van der Waals surface area contributed by atoms with Gasteiger partial charge < -0.3 is 4.74 Å². The summed E-state index contributed by atoms with van der Waals surface area (Å²) in [5, 5.41) is 4.66. The van der Waals surface area contributed by atoms with Gasteiger partial charge in [-0.1, -0.05) is 26.2 Å². The molecule has 1 rings (SSSR count). The van der Waals surface area contributed by atoms with Gasteiger partial charge in [-0.15, -0.1) is 0 Å². The van der Waals surface area contributed by atoms with Crippen LogP contribution in [-0.2, 0) is 9.53 Å². The van der Waals surface area contributed by atoms with Crippen molar-refractivity contribution in [3.8, 4) is 0 Å². The Labute approximate surface area is 135 Å². The first-order valence-corrected chi connectivity index (χ1v) is 9.42. The van der Waals surface area contributed by atoms with Gasteiger partial charge in [-0.25, -0.2) is 0 Å². The first-order chi connectivity index (χ1) is 9.87. The Bertz CT molecular complexity index is 316. The molecule has 1 saturated carbocycles. The minimum absolute atomic E-state index is 0.116. The molecule has 1 aliphatic carbocycles. The van der Waals surface area contributed by atoms with Crippen molar-refractivity contribution in [2.75, 3.05) is 6.61 Å². The van der Waals surface area contributed by atoms with Crippen molar-refractivity contribution in [1.29, 1.82) is 0 Å². The smallest absolute Gasteiger partial charge is 0.326 e. The van der Waals surface area contributed by atoms with Crippen LogP contribution in [0.15, 0.2) is 0 Å². The molecule has 2 unspecified atom stereocenters. The Hall–Kier alpha value is -0.220. The van der Waals surface area contributed by atoms with Crippen LogP contribution in [0.4, 0.5) is 0 Å². The van der Waals surface area contributed by atoms with Gasteiger partial charge in [-0.05, 0) is 47.0 Å². The Morgan fingerprint density at radius 3 is 2.43 bits per heavy atom. The molecule has 1 N–H and O–H groups in total. The first-order valence-electron chi connectivity index (χ1n) is 8.47. The number of nitrogens with one attached hydrogen (secondary N) is 1. The van der Waals surface area contributed by atoms with Crippen molar-refractivity contribution in [2.24, 2.45) is 0 Å².